The van der Waals surface area contributed by atoms with Gasteiger partial charge in [-0.05, 0) is 164 Å². The molecule has 3 atom stereocenters. The van der Waals surface area contributed by atoms with Gasteiger partial charge in [0, 0.05) is 72.8 Å². The SMILES string of the molecule is CSCC[C@H](NC(=O)Cc1c(C)[nH]c2ccccc12)C(=O)Nc1ccc(C(c2ccc(NC(=O)[C@H](CCSC)NC(=O)Cc3c(C)[nH]c4ccccc34)cc2)c2ccc(NC(=O)[C@H](CCSC)NC(=O)Cc3c(C)[nH]c4ccccc34)cc2)cc1. The first-order chi connectivity index (χ1) is 41.2. The Labute approximate surface area is 508 Å². The van der Waals surface area contributed by atoms with Crippen molar-refractivity contribution in [1.29, 1.82) is 0 Å². The Balaban J connectivity index is 0.925. The number of thioether (sulfide) groups is 3. The van der Waals surface area contributed by atoms with Gasteiger partial charge in [-0.15, -0.1) is 0 Å². The van der Waals surface area contributed by atoms with Gasteiger partial charge in [0.25, 0.3) is 0 Å². The number of aromatic amines is 3. The van der Waals surface area contributed by atoms with Gasteiger partial charge in [0.1, 0.15) is 18.1 Å². The van der Waals surface area contributed by atoms with Crippen LogP contribution in [0.1, 0.15) is 75.6 Å². The molecular weight excluding hydrogens is 1120 g/mol. The third kappa shape index (κ3) is 15.6. The number of carbonyl (C=O) groups is 6. The van der Waals surface area contributed by atoms with Crippen LogP contribution < -0.4 is 31.9 Å². The maximum absolute atomic E-state index is 14.0. The summed E-state index contributed by atoms with van der Waals surface area (Å²) in [5.74, 6) is -0.0565. The molecule has 0 aliphatic heterocycles. The molecule has 9 N–H and O–H groups in total. The Kier molecular flexibility index (Phi) is 21.0. The number of amides is 6. The summed E-state index contributed by atoms with van der Waals surface area (Å²) < 4.78 is 0. The topological polar surface area (TPSA) is 222 Å². The van der Waals surface area contributed by atoms with Gasteiger partial charge in [0.2, 0.25) is 35.4 Å². The van der Waals surface area contributed by atoms with Crippen molar-refractivity contribution in [2.75, 3.05) is 52.0 Å². The molecule has 0 unspecified atom stereocenters. The van der Waals surface area contributed by atoms with Crippen LogP contribution in [-0.4, -0.2) is 105 Å². The van der Waals surface area contributed by atoms with Gasteiger partial charge in [-0.2, -0.15) is 35.3 Å². The van der Waals surface area contributed by atoms with Crippen LogP contribution in [0.5, 0.6) is 0 Å². The highest BCUT2D eigenvalue weighted by atomic mass is 32.2. The van der Waals surface area contributed by atoms with E-state index in [-0.39, 0.29) is 60.6 Å². The zero-order chi connectivity index (χ0) is 60.0. The Morgan fingerprint density at radius 2 is 0.635 bits per heavy atom. The summed E-state index contributed by atoms with van der Waals surface area (Å²) in [6.07, 6.45) is 7.61. The van der Waals surface area contributed by atoms with Crippen LogP contribution in [0.25, 0.3) is 32.7 Å². The maximum Gasteiger partial charge on any atom is 0.246 e. The quantitative estimate of drug-likeness (QED) is 0.0223. The second-order valence-electron chi connectivity index (χ2n) is 21.3. The van der Waals surface area contributed by atoms with Gasteiger partial charge in [-0.25, -0.2) is 0 Å². The molecule has 0 aliphatic rings. The summed E-state index contributed by atoms with van der Waals surface area (Å²) in [6, 6.07) is 44.1. The van der Waals surface area contributed by atoms with Crippen molar-refractivity contribution in [2.24, 2.45) is 0 Å². The average Bonchev–Trinajstić information content (AvgIpc) is 4.26. The normalized spacial score (nSPS) is 12.5. The Morgan fingerprint density at radius 1 is 0.376 bits per heavy atom. The second-order valence-corrected chi connectivity index (χ2v) is 24.3. The van der Waals surface area contributed by atoms with E-state index in [9.17, 15) is 28.8 Å². The highest BCUT2D eigenvalue weighted by Gasteiger charge is 2.27. The van der Waals surface area contributed by atoms with Gasteiger partial charge < -0.3 is 46.9 Å². The molecule has 0 fully saturated rings. The monoisotopic (exact) mass is 1200 g/mol. The van der Waals surface area contributed by atoms with Crippen LogP contribution >= 0.6 is 35.3 Å². The minimum atomic E-state index is -0.769. The van der Waals surface area contributed by atoms with Crippen LogP contribution in [-0.2, 0) is 48.0 Å². The zero-order valence-corrected chi connectivity index (χ0v) is 51.2. The van der Waals surface area contributed by atoms with Gasteiger partial charge in [0.05, 0.1) is 19.3 Å². The number of anilines is 3. The summed E-state index contributed by atoms with van der Waals surface area (Å²) in [4.78, 5) is 92.8. The molecule has 0 saturated heterocycles. The molecule has 3 aromatic heterocycles. The first-order valence-electron chi connectivity index (χ1n) is 28.5. The van der Waals surface area contributed by atoms with E-state index in [4.69, 9.17) is 0 Å². The molecule has 0 bridgehead atoms. The summed E-state index contributed by atoms with van der Waals surface area (Å²) >= 11 is 4.80. The molecule has 85 heavy (non-hydrogen) atoms. The lowest BCUT2D eigenvalue weighted by atomic mass is 9.85. The van der Waals surface area contributed by atoms with Gasteiger partial charge in [-0.3, -0.25) is 28.8 Å². The fourth-order valence-electron chi connectivity index (χ4n) is 11.0. The van der Waals surface area contributed by atoms with Crippen molar-refractivity contribution >= 4 is 120 Å². The molecule has 0 aliphatic carbocycles. The Hall–Kier alpha value is -8.19. The predicted octanol–water partition coefficient (Wildman–Crippen LogP) is 11.5. The number of nitrogens with one attached hydrogen (secondary N) is 9. The van der Waals surface area contributed by atoms with Crippen molar-refractivity contribution in [3.63, 3.8) is 0 Å². The zero-order valence-electron chi connectivity index (χ0n) is 48.7. The lowest BCUT2D eigenvalue weighted by molar-refractivity contribution is -0.126. The molecule has 9 rings (SSSR count). The molecule has 6 amide bonds. The van der Waals surface area contributed by atoms with E-state index in [1.165, 1.54) is 0 Å². The molecule has 9 aromatic rings. The average molecular weight is 1200 g/mol. The summed E-state index contributed by atoms with van der Waals surface area (Å²) in [7, 11) is 0. The largest absolute Gasteiger partial charge is 0.358 e. The van der Waals surface area contributed by atoms with E-state index in [2.05, 4.69) is 46.9 Å². The standard InChI is InChI=1S/C67H73N9O6S3/c1-40-52(49-13-7-10-16-55(49)68-40)37-61(77)74-58(31-34-83-4)65(80)71-46-25-19-43(20-26-46)64(44-21-27-47(28-22-44)72-66(81)59(32-35-84-5)75-62(78)38-53-41(2)69-56-17-11-8-14-50(53)56)45-23-29-48(30-24-45)73-67(82)60(33-36-85-6)76-63(79)39-54-42(3)70-57-18-12-9-15-51(54)57/h7-30,58-60,64,68-70H,31-39H2,1-6H3,(H,71,80)(H,72,81)(H,73,82)(H,74,77)(H,75,78)(H,76,79)/t58-,59-,60-/m0/s1. The molecule has 3 heterocycles. The van der Waals surface area contributed by atoms with Crippen molar-refractivity contribution in [2.45, 2.75) is 83.3 Å². The van der Waals surface area contributed by atoms with E-state index in [1.807, 2.05) is 185 Å². The van der Waals surface area contributed by atoms with Crippen LogP contribution in [0, 0.1) is 20.8 Å². The molecule has 18 heteroatoms. The Bertz CT molecular complexity index is 3420. The highest BCUT2D eigenvalue weighted by Crippen LogP contribution is 2.35. The summed E-state index contributed by atoms with van der Waals surface area (Å²) in [6.45, 7) is 5.85. The lowest BCUT2D eigenvalue weighted by Crippen LogP contribution is -2.44. The van der Waals surface area contributed by atoms with E-state index in [1.54, 1.807) is 35.3 Å². The molecule has 6 aromatic carbocycles. The molecule has 0 saturated carbocycles. The summed E-state index contributed by atoms with van der Waals surface area (Å²) in [5.41, 5.74) is 12.6. The number of para-hydroxylation sites is 3. The number of hydrogen-bond acceptors (Lipinski definition) is 9. The van der Waals surface area contributed by atoms with Gasteiger partial charge >= 0.3 is 0 Å². The third-order valence-corrected chi connectivity index (χ3v) is 17.3. The second kappa shape index (κ2) is 29.1. The van der Waals surface area contributed by atoms with Crippen molar-refractivity contribution < 1.29 is 28.8 Å². The van der Waals surface area contributed by atoms with E-state index < -0.39 is 18.1 Å². The predicted molar refractivity (Wildman–Crippen MR) is 351 cm³/mol. The Morgan fingerprint density at radius 3 is 0.894 bits per heavy atom. The first kappa shape index (κ1) is 61.4. The van der Waals surface area contributed by atoms with Crippen LogP contribution in [0.2, 0.25) is 0 Å². The number of H-pyrrole nitrogens is 3. The molecular formula is C67H73N9O6S3. The van der Waals surface area contributed by atoms with E-state index in [0.29, 0.717) is 53.6 Å². The fourth-order valence-corrected chi connectivity index (χ4v) is 12.4. The minimum Gasteiger partial charge on any atom is -0.358 e. The van der Waals surface area contributed by atoms with Crippen molar-refractivity contribution in [1.82, 2.24) is 30.9 Å². The lowest BCUT2D eigenvalue weighted by Gasteiger charge is -2.22. The number of rotatable bonds is 27. The molecule has 0 radical (unpaired) electrons. The number of fused-ring (bicyclic) bond motifs is 3. The third-order valence-electron chi connectivity index (χ3n) is 15.4. The number of aryl methyl sites for hydroxylation is 3. The fraction of sp³-hybridized carbons (Fsp3) is 0.284. The highest BCUT2D eigenvalue weighted by molar-refractivity contribution is 7.99. The maximum atomic E-state index is 14.0. The smallest absolute Gasteiger partial charge is 0.246 e. The number of aromatic nitrogens is 3. The summed E-state index contributed by atoms with van der Waals surface area (Å²) in [5, 5.41) is 21.1. The number of hydrogen-bond donors (Lipinski definition) is 9. The van der Waals surface area contributed by atoms with E-state index >= 15 is 0 Å². The molecule has 0 spiro atoms. The van der Waals surface area contributed by atoms with E-state index in [0.717, 1.165) is 83.2 Å². The van der Waals surface area contributed by atoms with Crippen LogP contribution in [0.15, 0.2) is 146 Å². The van der Waals surface area contributed by atoms with Crippen LogP contribution in [0.3, 0.4) is 0 Å². The van der Waals surface area contributed by atoms with Gasteiger partial charge in [0.15, 0.2) is 0 Å². The number of benzene rings is 6. The molecule has 15 nitrogen and oxygen atoms in total. The number of carbonyl (C=O) groups excluding carboxylic acids is 6. The van der Waals surface area contributed by atoms with Gasteiger partial charge in [-0.1, -0.05) is 91.0 Å². The van der Waals surface area contributed by atoms with Crippen LogP contribution in [0.4, 0.5) is 17.1 Å². The first-order valence-corrected chi connectivity index (χ1v) is 32.6. The minimum absolute atomic E-state index is 0.128. The van der Waals surface area contributed by atoms with Crippen molar-refractivity contribution in [3.8, 4) is 0 Å². The van der Waals surface area contributed by atoms with Crippen molar-refractivity contribution in [3.05, 3.63) is 196 Å². The molecule has 440 valence electrons.